The molecular weight excluding hydrogens is 629 g/mol. The summed E-state index contributed by atoms with van der Waals surface area (Å²) in [4.78, 5) is 59.8. The third-order valence-electron chi connectivity index (χ3n) is 11.0. The molecule has 2 saturated carbocycles. The number of ketones is 1. The van der Waals surface area contributed by atoms with Crippen molar-refractivity contribution in [3.63, 3.8) is 0 Å². The molecule has 5 rings (SSSR count). The second-order valence-electron chi connectivity index (χ2n) is 14.5. The minimum Gasteiger partial charge on any atom is -0.340 e. The molecule has 0 radical (unpaired) electrons. The maximum atomic E-state index is 15.9. The summed E-state index contributed by atoms with van der Waals surface area (Å²) in [6, 6.07) is 2.96. The molecule has 268 valence electrons. The van der Waals surface area contributed by atoms with Crippen LogP contribution in [0.3, 0.4) is 0 Å². The average molecular weight is 682 g/mol. The first-order valence-electron chi connectivity index (χ1n) is 17.8. The van der Waals surface area contributed by atoms with Gasteiger partial charge in [0, 0.05) is 51.1 Å². The number of hydrogen-bond donors (Lipinski definition) is 2. The van der Waals surface area contributed by atoms with Gasteiger partial charge in [0.1, 0.15) is 17.6 Å². The van der Waals surface area contributed by atoms with E-state index in [1.807, 2.05) is 20.9 Å². The molecule has 2 N–H and O–H groups in total. The monoisotopic (exact) mass is 681 g/mol. The van der Waals surface area contributed by atoms with E-state index in [1.165, 1.54) is 6.07 Å². The maximum absolute atomic E-state index is 15.9. The molecule has 4 atom stereocenters. The Morgan fingerprint density at radius 2 is 1.76 bits per heavy atom. The van der Waals surface area contributed by atoms with Crippen LogP contribution in [0.2, 0.25) is 0 Å². The van der Waals surface area contributed by atoms with Crippen LogP contribution in [0.1, 0.15) is 99.4 Å². The molecule has 0 unspecified atom stereocenters. The lowest BCUT2D eigenvalue weighted by molar-refractivity contribution is -0.136. The molecule has 3 aliphatic rings. The van der Waals surface area contributed by atoms with E-state index >= 15 is 4.39 Å². The van der Waals surface area contributed by atoms with Gasteiger partial charge in [-0.2, -0.15) is 0 Å². The first-order chi connectivity index (χ1) is 23.4. The Hall–Kier alpha value is -3.87. The molecule has 3 fully saturated rings. The first kappa shape index (κ1) is 36.4. The summed E-state index contributed by atoms with van der Waals surface area (Å²) in [5.74, 6) is -1.67. The molecule has 0 bridgehead atoms. The fourth-order valence-corrected chi connectivity index (χ4v) is 7.09. The van der Waals surface area contributed by atoms with Crippen molar-refractivity contribution in [2.24, 2.45) is 11.8 Å². The number of aromatic nitrogens is 2. The molecule has 13 heteroatoms. The fourth-order valence-electron chi connectivity index (χ4n) is 7.09. The second kappa shape index (κ2) is 15.8. The molecule has 1 saturated heterocycles. The highest BCUT2D eigenvalue weighted by Crippen LogP contribution is 2.32. The van der Waals surface area contributed by atoms with Gasteiger partial charge >= 0.3 is 6.03 Å². The number of likely N-dealkylation sites (N-methyl/N-ethyl adjacent to an activating group) is 1. The number of nitrogens with zero attached hydrogens (tertiary/aromatic N) is 5. The number of Topliss-reactive ketones (excluding diaryl/α,β-unsaturated/α-hetero) is 1. The fraction of sp³-hybridized carbons (Fsp3) is 0.667. The maximum Gasteiger partial charge on any atom is 0.318 e. The van der Waals surface area contributed by atoms with Gasteiger partial charge in [-0.1, -0.05) is 50.9 Å². The van der Waals surface area contributed by atoms with E-state index < -0.39 is 29.7 Å². The van der Waals surface area contributed by atoms with Crippen molar-refractivity contribution in [3.05, 3.63) is 46.5 Å². The molecule has 1 aromatic carbocycles. The van der Waals surface area contributed by atoms with Crippen LogP contribution in [0.5, 0.6) is 0 Å². The van der Waals surface area contributed by atoms with Crippen molar-refractivity contribution in [2.75, 3.05) is 33.7 Å². The SMILES string of the molecule is CCc1nonc1C(=O)N[C@H](C(=O)Cc1ccc([C@H](C)[C@@H](NC(=O)N(C)C2CC2)C(=O)N2CCN(C)[C@@H](C)C2)cc1F)C1CCC(C)CC1. The number of nitrogens with one attached hydrogen (secondary N) is 2. The smallest absolute Gasteiger partial charge is 0.318 e. The highest BCUT2D eigenvalue weighted by Gasteiger charge is 2.38. The molecule has 0 spiro atoms. The number of aryl methyl sites for hydroxylation is 1. The standard InChI is InChI=1S/C36H52FN7O5/c1-7-29-33(41-49-40-29)34(46)38-32(24-10-8-21(2)9-11-24)30(45)19-26-13-12-25(18-28(26)37)23(4)31(39-36(48)43(6)27-14-15-27)35(47)44-17-16-42(5)22(3)20-44/h12-13,18,21-24,27,31-32H,7-11,14-17,19-20H2,1-6H3,(H,38,46)(H,39,48)/t21?,22-,23-,24?,31+,32-/m0/s1. The Morgan fingerprint density at radius 3 is 2.39 bits per heavy atom. The van der Waals surface area contributed by atoms with Crippen molar-refractivity contribution in [1.29, 1.82) is 0 Å². The summed E-state index contributed by atoms with van der Waals surface area (Å²) in [5, 5.41) is 13.4. The van der Waals surface area contributed by atoms with Crippen LogP contribution in [0.4, 0.5) is 9.18 Å². The summed E-state index contributed by atoms with van der Waals surface area (Å²) in [5.41, 5.74) is 1.21. The normalized spacial score (nSPS) is 23.3. The molecule has 2 aromatic rings. The van der Waals surface area contributed by atoms with E-state index in [2.05, 4.69) is 39.7 Å². The summed E-state index contributed by atoms with van der Waals surface area (Å²) in [7, 11) is 3.76. The zero-order valence-corrected chi connectivity index (χ0v) is 29.7. The van der Waals surface area contributed by atoms with Gasteiger partial charge in [0.05, 0.1) is 6.04 Å². The van der Waals surface area contributed by atoms with Crippen molar-refractivity contribution in [1.82, 2.24) is 35.6 Å². The van der Waals surface area contributed by atoms with Crippen LogP contribution in [-0.4, -0.2) is 107 Å². The largest absolute Gasteiger partial charge is 0.340 e. The Bertz CT molecular complexity index is 1500. The second-order valence-corrected chi connectivity index (χ2v) is 14.5. The quantitative estimate of drug-likeness (QED) is 0.343. The van der Waals surface area contributed by atoms with Crippen molar-refractivity contribution in [2.45, 2.75) is 109 Å². The number of carbonyl (C=O) groups is 4. The van der Waals surface area contributed by atoms with E-state index in [9.17, 15) is 19.2 Å². The highest BCUT2D eigenvalue weighted by molar-refractivity contribution is 5.97. The molecule has 1 aliphatic heterocycles. The zero-order chi connectivity index (χ0) is 35.4. The first-order valence-corrected chi connectivity index (χ1v) is 17.8. The van der Waals surface area contributed by atoms with Crippen molar-refractivity contribution >= 4 is 23.6 Å². The number of halogens is 1. The average Bonchev–Trinajstić information content (AvgIpc) is 3.83. The minimum atomic E-state index is -0.900. The van der Waals surface area contributed by atoms with Crippen LogP contribution in [0, 0.1) is 17.7 Å². The van der Waals surface area contributed by atoms with E-state index in [1.54, 1.807) is 29.0 Å². The third kappa shape index (κ3) is 8.66. The van der Waals surface area contributed by atoms with Crippen molar-refractivity contribution in [3.8, 4) is 0 Å². The molecular formula is C36H52FN7O5. The number of carbonyl (C=O) groups excluding carboxylic acids is 4. The number of hydrogen-bond acceptors (Lipinski definition) is 8. The summed E-state index contributed by atoms with van der Waals surface area (Å²) < 4.78 is 20.6. The van der Waals surface area contributed by atoms with Gasteiger partial charge < -0.3 is 25.3 Å². The van der Waals surface area contributed by atoms with E-state index in [0.717, 1.165) is 45.1 Å². The third-order valence-corrected chi connectivity index (χ3v) is 11.0. The number of rotatable bonds is 12. The van der Waals surface area contributed by atoms with Crippen LogP contribution in [-0.2, 0) is 22.4 Å². The van der Waals surface area contributed by atoms with Crippen molar-refractivity contribution < 1.29 is 28.2 Å². The summed E-state index contributed by atoms with van der Waals surface area (Å²) in [6.07, 6.45) is 5.54. The van der Waals surface area contributed by atoms with Gasteiger partial charge in [0.15, 0.2) is 11.5 Å². The van der Waals surface area contributed by atoms with E-state index in [-0.39, 0.29) is 53.4 Å². The number of piperazine rings is 1. The number of benzene rings is 1. The van der Waals surface area contributed by atoms with Gasteiger partial charge in [-0.3, -0.25) is 14.4 Å². The predicted octanol–water partition coefficient (Wildman–Crippen LogP) is 3.95. The Balaban J connectivity index is 1.33. The number of urea groups is 1. The lowest BCUT2D eigenvalue weighted by atomic mass is 9.77. The zero-order valence-electron chi connectivity index (χ0n) is 29.7. The lowest BCUT2D eigenvalue weighted by Crippen LogP contribution is -2.59. The molecule has 12 nitrogen and oxygen atoms in total. The van der Waals surface area contributed by atoms with E-state index in [4.69, 9.17) is 4.63 Å². The summed E-state index contributed by atoms with van der Waals surface area (Å²) in [6.45, 7) is 9.68. The Kier molecular flexibility index (Phi) is 11.7. The van der Waals surface area contributed by atoms with E-state index in [0.29, 0.717) is 36.7 Å². The minimum absolute atomic E-state index is 0.0551. The van der Waals surface area contributed by atoms with Crippen LogP contribution >= 0.6 is 0 Å². The van der Waals surface area contributed by atoms with Gasteiger partial charge in [-0.05, 0) is 80.3 Å². The molecule has 2 aliphatic carbocycles. The summed E-state index contributed by atoms with van der Waals surface area (Å²) >= 11 is 0. The van der Waals surface area contributed by atoms with Crippen LogP contribution in [0.25, 0.3) is 0 Å². The predicted molar refractivity (Wildman–Crippen MR) is 181 cm³/mol. The van der Waals surface area contributed by atoms with Crippen LogP contribution < -0.4 is 10.6 Å². The molecule has 4 amide bonds. The van der Waals surface area contributed by atoms with Gasteiger partial charge in [-0.15, -0.1) is 0 Å². The van der Waals surface area contributed by atoms with Crippen LogP contribution in [0.15, 0.2) is 22.8 Å². The lowest BCUT2D eigenvalue weighted by Gasteiger charge is -2.40. The molecule has 49 heavy (non-hydrogen) atoms. The molecule has 2 heterocycles. The van der Waals surface area contributed by atoms with Gasteiger partial charge in [0.2, 0.25) is 5.91 Å². The van der Waals surface area contributed by atoms with Gasteiger partial charge in [0.25, 0.3) is 5.91 Å². The Labute approximate surface area is 288 Å². The number of amides is 4. The van der Waals surface area contributed by atoms with Gasteiger partial charge in [-0.25, -0.2) is 13.8 Å². The Morgan fingerprint density at radius 1 is 1.04 bits per heavy atom. The topological polar surface area (TPSA) is 141 Å². The highest BCUT2D eigenvalue weighted by atomic mass is 19.1. The molecule has 1 aromatic heterocycles.